The smallest absolute Gasteiger partial charge is 0.120 e. The molecule has 0 aliphatic carbocycles. The van der Waals surface area contributed by atoms with Crippen LogP contribution in [-0.2, 0) is 13.0 Å². The summed E-state index contributed by atoms with van der Waals surface area (Å²) in [6.45, 7) is 2.36. The first-order valence-corrected chi connectivity index (χ1v) is 6.18. The van der Waals surface area contributed by atoms with Gasteiger partial charge in [0.1, 0.15) is 12.4 Å². The molecule has 0 fully saturated rings. The summed E-state index contributed by atoms with van der Waals surface area (Å²) in [4.78, 5) is 0. The van der Waals surface area contributed by atoms with Crippen LogP contribution in [0.25, 0.3) is 0 Å². The summed E-state index contributed by atoms with van der Waals surface area (Å²) in [5, 5.41) is 9.36. The van der Waals surface area contributed by atoms with E-state index in [2.05, 4.69) is 0 Å². The van der Waals surface area contributed by atoms with E-state index >= 15 is 0 Å². The van der Waals surface area contributed by atoms with Crippen LogP contribution < -0.4 is 4.74 Å². The highest BCUT2D eigenvalue weighted by molar-refractivity contribution is 5.29. The van der Waals surface area contributed by atoms with Gasteiger partial charge in [-0.15, -0.1) is 0 Å². The van der Waals surface area contributed by atoms with Crippen LogP contribution in [0.5, 0.6) is 5.75 Å². The number of ether oxygens (including phenoxy) is 1. The van der Waals surface area contributed by atoms with Gasteiger partial charge in [-0.25, -0.2) is 0 Å². The Morgan fingerprint density at radius 2 is 1.72 bits per heavy atom. The maximum absolute atomic E-state index is 9.36. The first-order chi connectivity index (χ1) is 8.74. The van der Waals surface area contributed by atoms with Gasteiger partial charge in [-0.2, -0.15) is 0 Å². The second-order valence-electron chi connectivity index (χ2n) is 4.47. The van der Waals surface area contributed by atoms with Crippen LogP contribution in [0.15, 0.2) is 54.6 Å². The third kappa shape index (κ3) is 3.90. The van der Waals surface area contributed by atoms with Crippen LogP contribution in [0.4, 0.5) is 0 Å². The van der Waals surface area contributed by atoms with Crippen molar-refractivity contribution in [3.8, 4) is 5.75 Å². The molecule has 0 radical (unpaired) electrons. The van der Waals surface area contributed by atoms with E-state index in [1.807, 2.05) is 54.6 Å². The molecule has 0 spiro atoms. The van der Waals surface area contributed by atoms with Crippen molar-refractivity contribution in [1.82, 2.24) is 0 Å². The van der Waals surface area contributed by atoms with E-state index < -0.39 is 0 Å². The SMILES string of the molecule is CC(O)Cc1cccc(OCc2ccccc2)c1. The fraction of sp³-hybridized carbons (Fsp3) is 0.250. The molecule has 2 aromatic rings. The molecule has 1 unspecified atom stereocenters. The van der Waals surface area contributed by atoms with Crippen molar-refractivity contribution < 1.29 is 9.84 Å². The molecule has 94 valence electrons. The van der Waals surface area contributed by atoms with Gasteiger partial charge in [0.2, 0.25) is 0 Å². The highest BCUT2D eigenvalue weighted by Crippen LogP contribution is 2.16. The molecular formula is C16H18O2. The highest BCUT2D eigenvalue weighted by atomic mass is 16.5. The van der Waals surface area contributed by atoms with E-state index in [1.165, 1.54) is 0 Å². The molecule has 2 rings (SSSR count). The fourth-order valence-corrected chi connectivity index (χ4v) is 1.84. The zero-order valence-electron chi connectivity index (χ0n) is 10.5. The third-order valence-corrected chi connectivity index (χ3v) is 2.68. The van der Waals surface area contributed by atoms with Crippen molar-refractivity contribution >= 4 is 0 Å². The zero-order valence-corrected chi connectivity index (χ0v) is 10.5. The minimum Gasteiger partial charge on any atom is -0.489 e. The van der Waals surface area contributed by atoms with Crippen LogP contribution >= 0.6 is 0 Å². The number of hydrogen-bond donors (Lipinski definition) is 1. The van der Waals surface area contributed by atoms with Gasteiger partial charge in [0.05, 0.1) is 6.10 Å². The quantitative estimate of drug-likeness (QED) is 0.872. The van der Waals surface area contributed by atoms with Crippen LogP contribution in [0.1, 0.15) is 18.1 Å². The van der Waals surface area contributed by atoms with Crippen molar-refractivity contribution in [2.75, 3.05) is 0 Å². The topological polar surface area (TPSA) is 29.5 Å². The molecule has 1 atom stereocenters. The summed E-state index contributed by atoms with van der Waals surface area (Å²) in [5.74, 6) is 0.844. The first-order valence-electron chi connectivity index (χ1n) is 6.18. The van der Waals surface area contributed by atoms with Gasteiger partial charge in [-0.3, -0.25) is 0 Å². The van der Waals surface area contributed by atoms with Crippen molar-refractivity contribution in [1.29, 1.82) is 0 Å². The number of rotatable bonds is 5. The first kappa shape index (κ1) is 12.7. The summed E-state index contributed by atoms with van der Waals surface area (Å²) < 4.78 is 5.73. The largest absolute Gasteiger partial charge is 0.489 e. The Labute approximate surface area is 108 Å². The molecule has 0 amide bonds. The molecule has 0 heterocycles. The highest BCUT2D eigenvalue weighted by Gasteiger charge is 2.01. The summed E-state index contributed by atoms with van der Waals surface area (Å²) in [5.41, 5.74) is 2.24. The molecular weight excluding hydrogens is 224 g/mol. The number of aliphatic hydroxyl groups is 1. The van der Waals surface area contributed by atoms with Gasteiger partial charge in [-0.1, -0.05) is 42.5 Å². The molecule has 1 N–H and O–H groups in total. The maximum Gasteiger partial charge on any atom is 0.120 e. The molecule has 2 aromatic carbocycles. The van der Waals surface area contributed by atoms with Crippen molar-refractivity contribution in [3.05, 3.63) is 65.7 Å². The minimum atomic E-state index is -0.325. The maximum atomic E-state index is 9.36. The number of aliphatic hydroxyl groups excluding tert-OH is 1. The molecule has 18 heavy (non-hydrogen) atoms. The Hall–Kier alpha value is -1.80. The van der Waals surface area contributed by atoms with Gasteiger partial charge < -0.3 is 9.84 Å². The fourth-order valence-electron chi connectivity index (χ4n) is 1.84. The monoisotopic (exact) mass is 242 g/mol. The summed E-state index contributed by atoms with van der Waals surface area (Å²) in [6, 6.07) is 18.0. The average molecular weight is 242 g/mol. The average Bonchev–Trinajstić information content (AvgIpc) is 2.37. The second kappa shape index (κ2) is 6.22. The lowest BCUT2D eigenvalue weighted by atomic mass is 10.1. The predicted molar refractivity (Wildman–Crippen MR) is 72.6 cm³/mol. The minimum absolute atomic E-state index is 0.325. The molecule has 0 aliphatic rings. The Balaban J connectivity index is 1.97. The van der Waals surface area contributed by atoms with E-state index in [9.17, 15) is 5.11 Å². The number of benzene rings is 2. The standard InChI is InChI=1S/C16H18O2/c1-13(17)10-15-8-5-9-16(11-15)18-12-14-6-3-2-4-7-14/h2-9,11,13,17H,10,12H2,1H3. The lowest BCUT2D eigenvalue weighted by Crippen LogP contribution is -2.04. The summed E-state index contributed by atoms with van der Waals surface area (Å²) in [7, 11) is 0. The predicted octanol–water partition coefficient (Wildman–Crippen LogP) is 3.19. The normalized spacial score (nSPS) is 12.1. The molecule has 2 nitrogen and oxygen atoms in total. The third-order valence-electron chi connectivity index (χ3n) is 2.68. The van der Waals surface area contributed by atoms with Gasteiger partial charge in [0, 0.05) is 0 Å². The van der Waals surface area contributed by atoms with E-state index in [0.717, 1.165) is 16.9 Å². The molecule has 0 aromatic heterocycles. The summed E-state index contributed by atoms with van der Waals surface area (Å²) >= 11 is 0. The Kier molecular flexibility index (Phi) is 4.37. The van der Waals surface area contributed by atoms with Crippen LogP contribution in [0, 0.1) is 0 Å². The zero-order chi connectivity index (χ0) is 12.8. The number of hydrogen-bond acceptors (Lipinski definition) is 2. The Bertz CT molecular complexity index is 477. The van der Waals surface area contributed by atoms with E-state index in [-0.39, 0.29) is 6.10 Å². The molecule has 0 saturated heterocycles. The molecule has 0 aliphatic heterocycles. The van der Waals surface area contributed by atoms with E-state index in [4.69, 9.17) is 4.74 Å². The van der Waals surface area contributed by atoms with E-state index in [0.29, 0.717) is 13.0 Å². The van der Waals surface area contributed by atoms with Crippen LogP contribution in [-0.4, -0.2) is 11.2 Å². The van der Waals surface area contributed by atoms with E-state index in [1.54, 1.807) is 6.92 Å². The van der Waals surface area contributed by atoms with Crippen molar-refractivity contribution in [3.63, 3.8) is 0 Å². The summed E-state index contributed by atoms with van der Waals surface area (Å²) in [6.07, 6.45) is 0.331. The molecule has 0 bridgehead atoms. The van der Waals surface area contributed by atoms with Gasteiger partial charge in [0.15, 0.2) is 0 Å². The lowest BCUT2D eigenvalue weighted by molar-refractivity contribution is 0.195. The second-order valence-corrected chi connectivity index (χ2v) is 4.47. The molecule has 2 heteroatoms. The van der Waals surface area contributed by atoms with Gasteiger partial charge >= 0.3 is 0 Å². The lowest BCUT2D eigenvalue weighted by Gasteiger charge is -2.09. The van der Waals surface area contributed by atoms with Crippen LogP contribution in [0.3, 0.4) is 0 Å². The Morgan fingerprint density at radius 1 is 1.00 bits per heavy atom. The molecule has 0 saturated carbocycles. The Morgan fingerprint density at radius 3 is 2.44 bits per heavy atom. The van der Waals surface area contributed by atoms with Crippen molar-refractivity contribution in [2.24, 2.45) is 0 Å². The van der Waals surface area contributed by atoms with Crippen LogP contribution in [0.2, 0.25) is 0 Å². The van der Waals surface area contributed by atoms with Gasteiger partial charge in [-0.05, 0) is 36.6 Å². The van der Waals surface area contributed by atoms with Gasteiger partial charge in [0.25, 0.3) is 0 Å². The van der Waals surface area contributed by atoms with Crippen molar-refractivity contribution in [2.45, 2.75) is 26.1 Å².